The quantitative estimate of drug-likeness (QED) is 0.187. The largest absolute Gasteiger partial charge is 0.308 e. The second-order valence-corrected chi connectivity index (χ2v) is 12.8. The first-order valence-electron chi connectivity index (χ1n) is 13.9. The van der Waals surface area contributed by atoms with Crippen LogP contribution in [0.15, 0.2) is 115 Å². The molecule has 0 radical (unpaired) electrons. The highest BCUT2D eigenvalue weighted by molar-refractivity contribution is 7.27. The smallest absolute Gasteiger partial charge is 0.204 e. The SMILES string of the molecule is [C-]#[N+]c1ccc(-c2ccc3sc4ccccc4c3c2)c2c1sc1c(-n3c4ccccc4c4ccc(C#N)cc43)cccc12. The van der Waals surface area contributed by atoms with E-state index in [4.69, 9.17) is 6.57 Å². The fourth-order valence-electron chi connectivity index (χ4n) is 6.57. The summed E-state index contributed by atoms with van der Waals surface area (Å²) >= 11 is 3.51. The van der Waals surface area contributed by atoms with Gasteiger partial charge in [0.1, 0.15) is 0 Å². The van der Waals surface area contributed by atoms with Gasteiger partial charge in [-0.3, -0.25) is 0 Å². The standard InChI is InChI=1S/C38H19N3S2/c1-40-30-17-16-24(23-14-18-35-29(20-23)27-8-3-5-12-34(27)42-35)36-28-9-6-11-32(37(28)43-38(30)36)41-31-10-4-2-7-25(31)26-15-13-22(21-39)19-33(26)41/h2-20H. The molecule has 6 aromatic carbocycles. The first-order valence-corrected chi connectivity index (χ1v) is 15.6. The van der Waals surface area contributed by atoms with E-state index in [9.17, 15) is 5.26 Å². The molecule has 0 bridgehead atoms. The van der Waals surface area contributed by atoms with E-state index >= 15 is 0 Å². The van der Waals surface area contributed by atoms with Crippen molar-refractivity contribution >= 4 is 90.5 Å². The first-order chi connectivity index (χ1) is 21.2. The fraction of sp³-hybridized carbons (Fsp3) is 0. The average molecular weight is 582 g/mol. The maximum absolute atomic E-state index is 9.72. The minimum Gasteiger partial charge on any atom is -0.308 e. The van der Waals surface area contributed by atoms with Crippen molar-refractivity contribution in [2.24, 2.45) is 0 Å². The Bertz CT molecular complexity index is 2710. The lowest BCUT2D eigenvalue weighted by Crippen LogP contribution is -1.94. The number of hydrogen-bond acceptors (Lipinski definition) is 3. The zero-order chi connectivity index (χ0) is 28.7. The molecule has 0 spiro atoms. The number of fused-ring (bicyclic) bond motifs is 9. The fourth-order valence-corrected chi connectivity index (χ4v) is 8.95. The van der Waals surface area contributed by atoms with E-state index < -0.39 is 0 Å². The second-order valence-electron chi connectivity index (χ2n) is 10.7. The molecule has 0 aliphatic rings. The predicted octanol–water partition coefficient (Wildman–Crippen LogP) is 11.6. The Balaban J connectivity index is 1.38. The van der Waals surface area contributed by atoms with Gasteiger partial charge in [-0.15, -0.1) is 22.7 Å². The molecule has 9 aromatic rings. The molecule has 0 fully saturated rings. The minimum absolute atomic E-state index is 0.633. The lowest BCUT2D eigenvalue weighted by Gasteiger charge is -2.10. The van der Waals surface area contributed by atoms with Gasteiger partial charge in [0.2, 0.25) is 5.69 Å². The van der Waals surface area contributed by atoms with E-state index in [1.807, 2.05) is 29.5 Å². The molecule has 0 N–H and O–H groups in total. The number of aromatic nitrogens is 1. The summed E-state index contributed by atoms with van der Waals surface area (Å²) in [4.78, 5) is 3.95. The Kier molecular flexibility index (Phi) is 5.07. The number of nitrogens with zero attached hydrogens (tertiary/aromatic N) is 3. The van der Waals surface area contributed by atoms with Crippen molar-refractivity contribution in [1.82, 2.24) is 4.57 Å². The van der Waals surface area contributed by atoms with Crippen LogP contribution in [0.5, 0.6) is 0 Å². The average Bonchev–Trinajstić information content (AvgIpc) is 3.73. The van der Waals surface area contributed by atoms with Crippen LogP contribution in [0.25, 0.3) is 83.8 Å². The zero-order valence-corrected chi connectivity index (χ0v) is 24.3. The van der Waals surface area contributed by atoms with Gasteiger partial charge in [-0.05, 0) is 59.0 Å². The molecule has 0 saturated heterocycles. The highest BCUT2D eigenvalue weighted by Gasteiger charge is 2.20. The summed E-state index contributed by atoms with van der Waals surface area (Å²) in [5.74, 6) is 0. The van der Waals surface area contributed by atoms with Crippen LogP contribution < -0.4 is 0 Å². The first kappa shape index (κ1) is 24.2. The molecule has 0 atom stereocenters. The highest BCUT2D eigenvalue weighted by atomic mass is 32.1. The summed E-state index contributed by atoms with van der Waals surface area (Å²) in [5.41, 5.74) is 6.75. The van der Waals surface area contributed by atoms with E-state index in [0.29, 0.717) is 11.3 Å². The van der Waals surface area contributed by atoms with Crippen molar-refractivity contribution in [3.05, 3.63) is 132 Å². The van der Waals surface area contributed by atoms with Crippen molar-refractivity contribution < 1.29 is 0 Å². The van der Waals surface area contributed by atoms with Gasteiger partial charge in [-0.25, -0.2) is 4.85 Å². The summed E-state index contributed by atoms with van der Waals surface area (Å²) in [5, 5.41) is 16.8. The predicted molar refractivity (Wildman–Crippen MR) is 183 cm³/mol. The van der Waals surface area contributed by atoms with Gasteiger partial charge < -0.3 is 4.57 Å². The maximum Gasteiger partial charge on any atom is 0.204 e. The lowest BCUT2D eigenvalue weighted by molar-refractivity contribution is 1.20. The minimum atomic E-state index is 0.633. The van der Waals surface area contributed by atoms with Crippen molar-refractivity contribution in [3.63, 3.8) is 0 Å². The van der Waals surface area contributed by atoms with Gasteiger partial charge in [0.25, 0.3) is 0 Å². The van der Waals surface area contributed by atoms with E-state index in [1.165, 1.54) is 20.2 Å². The van der Waals surface area contributed by atoms with Crippen LogP contribution in [0.2, 0.25) is 0 Å². The number of benzene rings is 6. The third-order valence-corrected chi connectivity index (χ3v) is 10.9. The Labute approximate surface area is 254 Å². The molecular weight excluding hydrogens is 563 g/mol. The van der Waals surface area contributed by atoms with E-state index in [-0.39, 0.29) is 0 Å². The van der Waals surface area contributed by atoms with Gasteiger partial charge >= 0.3 is 0 Å². The van der Waals surface area contributed by atoms with Crippen molar-refractivity contribution in [1.29, 1.82) is 5.26 Å². The molecule has 43 heavy (non-hydrogen) atoms. The molecule has 0 unspecified atom stereocenters. The summed E-state index contributed by atoms with van der Waals surface area (Å²) in [6.45, 7) is 8.00. The third kappa shape index (κ3) is 3.38. The number of para-hydroxylation sites is 1. The molecular formula is C38H19N3S2. The number of thiophene rings is 2. The van der Waals surface area contributed by atoms with Gasteiger partial charge in [0, 0.05) is 41.0 Å². The molecule has 0 amide bonds. The summed E-state index contributed by atoms with van der Waals surface area (Å²) in [6.07, 6.45) is 0. The van der Waals surface area contributed by atoms with Gasteiger partial charge in [0.15, 0.2) is 0 Å². The van der Waals surface area contributed by atoms with Crippen molar-refractivity contribution in [3.8, 4) is 22.9 Å². The Hall–Kier alpha value is -5.46. The molecule has 0 aliphatic carbocycles. The summed E-state index contributed by atoms with van der Waals surface area (Å²) in [6, 6.07) is 42.5. The van der Waals surface area contributed by atoms with Crippen molar-refractivity contribution in [2.45, 2.75) is 0 Å². The van der Waals surface area contributed by atoms with Crippen LogP contribution in [0.1, 0.15) is 5.56 Å². The molecule has 198 valence electrons. The Morgan fingerprint density at radius 1 is 0.628 bits per heavy atom. The summed E-state index contributed by atoms with van der Waals surface area (Å²) in [7, 11) is 0. The molecule has 0 aliphatic heterocycles. The van der Waals surface area contributed by atoms with E-state index in [2.05, 4.69) is 113 Å². The van der Waals surface area contributed by atoms with Crippen LogP contribution >= 0.6 is 22.7 Å². The monoisotopic (exact) mass is 581 g/mol. The third-order valence-electron chi connectivity index (χ3n) is 8.46. The highest BCUT2D eigenvalue weighted by Crippen LogP contribution is 2.48. The van der Waals surface area contributed by atoms with Crippen molar-refractivity contribution in [2.75, 3.05) is 0 Å². The lowest BCUT2D eigenvalue weighted by atomic mass is 9.97. The second kappa shape index (κ2) is 9.02. The Morgan fingerprint density at radius 3 is 2.30 bits per heavy atom. The molecule has 5 heteroatoms. The zero-order valence-electron chi connectivity index (χ0n) is 22.6. The summed E-state index contributed by atoms with van der Waals surface area (Å²) < 4.78 is 6.98. The van der Waals surface area contributed by atoms with Crippen LogP contribution in [-0.4, -0.2) is 4.57 Å². The normalized spacial score (nSPS) is 11.7. The number of rotatable bonds is 2. The molecule has 0 saturated carbocycles. The number of hydrogen-bond donors (Lipinski definition) is 0. The molecule has 9 rings (SSSR count). The van der Waals surface area contributed by atoms with Crippen LogP contribution in [0.4, 0.5) is 5.69 Å². The van der Waals surface area contributed by atoms with Crippen LogP contribution in [0, 0.1) is 17.9 Å². The molecule has 3 aromatic heterocycles. The molecule has 3 heterocycles. The maximum atomic E-state index is 9.72. The molecule has 3 nitrogen and oxygen atoms in total. The van der Waals surface area contributed by atoms with Gasteiger partial charge in [-0.1, -0.05) is 72.8 Å². The Morgan fingerprint density at radius 2 is 1.42 bits per heavy atom. The topological polar surface area (TPSA) is 33.1 Å². The van der Waals surface area contributed by atoms with E-state index in [1.54, 1.807) is 11.3 Å². The van der Waals surface area contributed by atoms with E-state index in [0.717, 1.165) is 58.8 Å². The number of nitriles is 1. The van der Waals surface area contributed by atoms with Gasteiger partial charge in [0.05, 0.1) is 39.6 Å². The van der Waals surface area contributed by atoms with Gasteiger partial charge in [-0.2, -0.15) is 5.26 Å². The van der Waals surface area contributed by atoms with Crippen LogP contribution in [-0.2, 0) is 0 Å². The van der Waals surface area contributed by atoms with Crippen LogP contribution in [0.3, 0.4) is 0 Å².